The Morgan fingerprint density at radius 3 is 2.74 bits per heavy atom. The van der Waals surface area contributed by atoms with E-state index in [1.54, 1.807) is 0 Å². The van der Waals surface area contributed by atoms with Crippen molar-refractivity contribution in [3.63, 3.8) is 0 Å². The molecule has 1 rings (SSSR count). The van der Waals surface area contributed by atoms with Gasteiger partial charge in [-0.2, -0.15) is 0 Å². The second-order valence-electron chi connectivity index (χ2n) is 3.61. The van der Waals surface area contributed by atoms with Crippen molar-refractivity contribution in [2.24, 2.45) is 0 Å². The van der Waals surface area contributed by atoms with Crippen molar-refractivity contribution in [3.8, 4) is 0 Å². The van der Waals surface area contributed by atoms with Gasteiger partial charge in [-0.1, -0.05) is 0 Å². The smallest absolute Gasteiger partial charge is 0.335 e. The maximum Gasteiger partial charge on any atom is 0.335 e. The average molecular weight is 290 g/mol. The predicted octanol–water partition coefficient (Wildman–Crippen LogP) is 1.29. The number of rotatable bonds is 8. The van der Waals surface area contributed by atoms with Crippen LogP contribution in [0.5, 0.6) is 0 Å². The van der Waals surface area contributed by atoms with Crippen LogP contribution in [0.2, 0.25) is 0 Å². The molecule has 0 aliphatic carbocycles. The zero-order valence-electron chi connectivity index (χ0n) is 10.4. The van der Waals surface area contributed by atoms with E-state index in [1.807, 2.05) is 0 Å². The minimum Gasteiger partial charge on any atom is -0.478 e. The van der Waals surface area contributed by atoms with E-state index in [-0.39, 0.29) is 22.8 Å². The lowest BCUT2D eigenvalue weighted by atomic mass is 10.2. The van der Waals surface area contributed by atoms with Gasteiger partial charge in [0.05, 0.1) is 46.8 Å². The fraction of sp³-hybridized carbons (Fsp3) is 0.417. The number of carbonyl (C=O) groups is 1. The summed E-state index contributed by atoms with van der Waals surface area (Å²) in [4.78, 5) is 10.6. The first-order chi connectivity index (χ1) is 9.06. The third-order valence-corrected chi connectivity index (χ3v) is 3.61. The molecule has 0 amide bonds. The Morgan fingerprint density at radius 2 is 2.11 bits per heavy atom. The first kappa shape index (κ1) is 15.7. The number of hydrogen-bond donors (Lipinski definition) is 1. The Hall–Kier alpha value is -1.31. The molecule has 1 unspecified atom stereocenters. The molecule has 1 atom stereocenters. The minimum absolute atomic E-state index is 0.0925. The Balaban J connectivity index is 2.61. The van der Waals surface area contributed by atoms with Gasteiger partial charge in [0.1, 0.15) is 5.82 Å². The van der Waals surface area contributed by atoms with E-state index < -0.39 is 22.6 Å². The Bertz CT molecular complexity index is 463. The number of ether oxygens (including phenoxy) is 2. The highest BCUT2D eigenvalue weighted by Crippen LogP contribution is 2.15. The summed E-state index contributed by atoms with van der Waals surface area (Å²) >= 11 is 0. The van der Waals surface area contributed by atoms with Gasteiger partial charge < -0.3 is 14.6 Å². The van der Waals surface area contributed by atoms with E-state index in [0.717, 1.165) is 18.2 Å². The number of methoxy groups -OCH3 is 1. The summed E-state index contributed by atoms with van der Waals surface area (Å²) in [7, 11) is -0.0954. The highest BCUT2D eigenvalue weighted by atomic mass is 32.2. The van der Waals surface area contributed by atoms with Crippen LogP contribution in [0.1, 0.15) is 10.4 Å². The largest absolute Gasteiger partial charge is 0.478 e. The molecule has 0 aromatic heterocycles. The highest BCUT2D eigenvalue weighted by Gasteiger charge is 2.13. The Labute approximate surface area is 112 Å². The van der Waals surface area contributed by atoms with Crippen molar-refractivity contribution < 1.29 is 28.0 Å². The van der Waals surface area contributed by atoms with Gasteiger partial charge in [0, 0.05) is 7.11 Å². The monoisotopic (exact) mass is 290 g/mol. The van der Waals surface area contributed by atoms with E-state index in [9.17, 15) is 13.4 Å². The van der Waals surface area contributed by atoms with Gasteiger partial charge in [-0.15, -0.1) is 0 Å². The molecule has 0 heterocycles. The van der Waals surface area contributed by atoms with Crippen molar-refractivity contribution in [3.05, 3.63) is 29.6 Å². The molecular formula is C12H15FO5S. The molecule has 0 spiro atoms. The zero-order valence-corrected chi connectivity index (χ0v) is 11.2. The normalized spacial score (nSPS) is 12.3. The quantitative estimate of drug-likeness (QED) is 0.730. The van der Waals surface area contributed by atoms with Crippen LogP contribution in [0.4, 0.5) is 4.39 Å². The van der Waals surface area contributed by atoms with Crippen molar-refractivity contribution in [1.29, 1.82) is 0 Å². The summed E-state index contributed by atoms with van der Waals surface area (Å²) in [6.07, 6.45) is 0. The second kappa shape index (κ2) is 7.98. The summed E-state index contributed by atoms with van der Waals surface area (Å²) in [6.45, 7) is 0.980. The van der Waals surface area contributed by atoms with Crippen LogP contribution >= 0.6 is 0 Å². The summed E-state index contributed by atoms with van der Waals surface area (Å²) in [5.74, 6) is -1.77. The zero-order chi connectivity index (χ0) is 14.3. The van der Waals surface area contributed by atoms with Crippen molar-refractivity contribution >= 4 is 16.8 Å². The molecule has 1 N–H and O–H groups in total. The first-order valence-electron chi connectivity index (χ1n) is 5.54. The number of benzene rings is 1. The number of carboxylic acid groups (broad SMARTS) is 1. The van der Waals surface area contributed by atoms with Crippen molar-refractivity contribution in [2.45, 2.75) is 4.90 Å². The van der Waals surface area contributed by atoms with Gasteiger partial charge in [0.2, 0.25) is 0 Å². The van der Waals surface area contributed by atoms with Crippen LogP contribution < -0.4 is 0 Å². The van der Waals surface area contributed by atoms with Gasteiger partial charge in [-0.25, -0.2) is 9.18 Å². The summed E-state index contributed by atoms with van der Waals surface area (Å²) in [5, 5.41) is 8.80. The van der Waals surface area contributed by atoms with Gasteiger partial charge >= 0.3 is 5.97 Å². The fourth-order valence-electron chi connectivity index (χ4n) is 1.30. The van der Waals surface area contributed by atoms with Crippen LogP contribution in [-0.4, -0.2) is 48.0 Å². The molecule has 0 radical (unpaired) electrons. The van der Waals surface area contributed by atoms with Crippen LogP contribution in [0.25, 0.3) is 0 Å². The third kappa shape index (κ3) is 5.06. The molecule has 106 valence electrons. The SMILES string of the molecule is COCCOCCS(=O)c1cc(C(=O)O)ccc1F. The lowest BCUT2D eigenvalue weighted by molar-refractivity contribution is 0.0696. The molecule has 0 bridgehead atoms. The van der Waals surface area contributed by atoms with E-state index >= 15 is 0 Å². The molecule has 0 saturated heterocycles. The topological polar surface area (TPSA) is 72.8 Å². The van der Waals surface area contributed by atoms with Crippen molar-refractivity contribution in [2.75, 3.05) is 32.7 Å². The number of aromatic carboxylic acids is 1. The number of hydrogen-bond acceptors (Lipinski definition) is 4. The fourth-order valence-corrected chi connectivity index (χ4v) is 2.33. The van der Waals surface area contributed by atoms with Crippen LogP contribution in [0.3, 0.4) is 0 Å². The van der Waals surface area contributed by atoms with Crippen LogP contribution in [0.15, 0.2) is 23.1 Å². The first-order valence-corrected chi connectivity index (χ1v) is 6.86. The Morgan fingerprint density at radius 1 is 1.37 bits per heavy atom. The second-order valence-corrected chi connectivity index (χ2v) is 5.14. The summed E-state index contributed by atoms with van der Waals surface area (Å²) in [6, 6.07) is 3.22. The predicted molar refractivity (Wildman–Crippen MR) is 67.3 cm³/mol. The Kier molecular flexibility index (Phi) is 6.61. The average Bonchev–Trinajstić information content (AvgIpc) is 2.38. The standard InChI is InChI=1S/C12H15FO5S/c1-17-4-5-18-6-7-19(16)11-8-9(12(14)15)2-3-10(11)13/h2-3,8H,4-7H2,1H3,(H,14,15). The number of halogens is 1. The van der Waals surface area contributed by atoms with Crippen molar-refractivity contribution in [1.82, 2.24) is 0 Å². The lowest BCUT2D eigenvalue weighted by Gasteiger charge is -2.06. The van der Waals surface area contributed by atoms with E-state index in [4.69, 9.17) is 14.6 Å². The maximum atomic E-state index is 13.5. The van der Waals surface area contributed by atoms with Gasteiger partial charge in [-0.3, -0.25) is 4.21 Å². The van der Waals surface area contributed by atoms with E-state index in [1.165, 1.54) is 7.11 Å². The number of carboxylic acids is 1. The molecule has 0 saturated carbocycles. The molecule has 19 heavy (non-hydrogen) atoms. The van der Waals surface area contributed by atoms with Gasteiger partial charge in [0.25, 0.3) is 0 Å². The van der Waals surface area contributed by atoms with E-state index in [0.29, 0.717) is 13.2 Å². The molecule has 1 aromatic rings. The molecule has 0 fully saturated rings. The molecule has 1 aromatic carbocycles. The summed E-state index contributed by atoms with van der Waals surface area (Å²) in [5.41, 5.74) is -0.0925. The highest BCUT2D eigenvalue weighted by molar-refractivity contribution is 7.85. The minimum atomic E-state index is -1.63. The van der Waals surface area contributed by atoms with Gasteiger partial charge in [-0.05, 0) is 18.2 Å². The van der Waals surface area contributed by atoms with Crippen LogP contribution in [0, 0.1) is 5.82 Å². The molecule has 0 aliphatic heterocycles. The van der Waals surface area contributed by atoms with Gasteiger partial charge in [0.15, 0.2) is 0 Å². The van der Waals surface area contributed by atoms with E-state index in [2.05, 4.69) is 0 Å². The molecule has 7 heteroatoms. The molecular weight excluding hydrogens is 275 g/mol. The molecule has 0 aliphatic rings. The molecule has 5 nitrogen and oxygen atoms in total. The summed E-state index contributed by atoms with van der Waals surface area (Å²) < 4.78 is 35.2. The third-order valence-electron chi connectivity index (χ3n) is 2.27. The van der Waals surface area contributed by atoms with Crippen LogP contribution in [-0.2, 0) is 20.3 Å². The maximum absolute atomic E-state index is 13.5. The lowest BCUT2D eigenvalue weighted by Crippen LogP contribution is -2.11.